The normalized spacial score (nSPS) is 11.5. The van der Waals surface area contributed by atoms with Crippen molar-refractivity contribution in [1.82, 2.24) is 14.7 Å². The van der Waals surface area contributed by atoms with Gasteiger partial charge in [-0.1, -0.05) is 0 Å². The zero-order chi connectivity index (χ0) is 13.9. The zero-order valence-electron chi connectivity index (χ0n) is 10.1. The summed E-state index contributed by atoms with van der Waals surface area (Å²) in [5.41, 5.74) is 3.29. The first-order valence-electron chi connectivity index (χ1n) is 5.34. The summed E-state index contributed by atoms with van der Waals surface area (Å²) < 4.78 is 26.5. The largest absolute Gasteiger partial charge is 0.292 e. The first kappa shape index (κ1) is 13.9. The van der Waals surface area contributed by atoms with E-state index < -0.39 is 10.0 Å². The van der Waals surface area contributed by atoms with Crippen LogP contribution < -0.4 is 16.0 Å². The van der Waals surface area contributed by atoms with Crippen LogP contribution in [0, 0.1) is 6.92 Å². The molecule has 19 heavy (non-hydrogen) atoms. The predicted molar refractivity (Wildman–Crippen MR) is 72.9 cm³/mol. The minimum absolute atomic E-state index is 0.000657. The van der Waals surface area contributed by atoms with Crippen LogP contribution in [0.5, 0.6) is 0 Å². The number of hydrazine groups is 1. The fourth-order valence-electron chi connectivity index (χ4n) is 1.36. The molecule has 7 nitrogen and oxygen atoms in total. The van der Waals surface area contributed by atoms with Crippen LogP contribution in [0.2, 0.25) is 0 Å². The van der Waals surface area contributed by atoms with Crippen molar-refractivity contribution >= 4 is 27.3 Å². The topological polar surface area (TPSA) is 110 Å². The van der Waals surface area contributed by atoms with Gasteiger partial charge in [0.15, 0.2) is 0 Å². The molecule has 0 spiro atoms. The number of sulfonamides is 1. The maximum atomic E-state index is 12.0. The second-order valence-electron chi connectivity index (χ2n) is 3.74. The lowest BCUT2D eigenvalue weighted by atomic mass is 10.3. The molecule has 0 aliphatic carbocycles. The molecule has 9 heteroatoms. The average Bonchev–Trinajstić information content (AvgIpc) is 2.82. The molecule has 102 valence electrons. The van der Waals surface area contributed by atoms with E-state index in [4.69, 9.17) is 5.84 Å². The molecule has 2 heterocycles. The van der Waals surface area contributed by atoms with Gasteiger partial charge in [-0.25, -0.2) is 29.0 Å². The molecule has 0 saturated carbocycles. The van der Waals surface area contributed by atoms with Crippen molar-refractivity contribution in [2.45, 2.75) is 18.4 Å². The third-order valence-electron chi connectivity index (χ3n) is 2.46. The lowest BCUT2D eigenvalue weighted by Crippen LogP contribution is -2.23. The van der Waals surface area contributed by atoms with Crippen LogP contribution >= 0.6 is 11.3 Å². The Morgan fingerprint density at radius 2 is 2.05 bits per heavy atom. The molecule has 2 rings (SSSR count). The first-order valence-corrected chi connectivity index (χ1v) is 7.70. The van der Waals surface area contributed by atoms with Gasteiger partial charge in [-0.3, -0.25) is 5.43 Å². The Bertz CT molecular complexity index is 651. The van der Waals surface area contributed by atoms with Gasteiger partial charge in [0, 0.05) is 11.4 Å². The van der Waals surface area contributed by atoms with E-state index in [9.17, 15) is 8.42 Å². The van der Waals surface area contributed by atoms with E-state index in [2.05, 4.69) is 20.1 Å². The number of nitrogens with two attached hydrogens (primary N) is 1. The molecule has 0 radical (unpaired) electrons. The SMILES string of the molecule is Cc1ccsc1CNS(=O)(=O)c1cnc(NN)nc1. The van der Waals surface area contributed by atoms with Crippen LogP contribution in [0.1, 0.15) is 10.4 Å². The second kappa shape index (κ2) is 5.61. The molecule has 2 aromatic rings. The van der Waals surface area contributed by atoms with Crippen LogP contribution in [0.3, 0.4) is 0 Å². The molecule has 4 N–H and O–H groups in total. The Balaban J connectivity index is 2.11. The quantitative estimate of drug-likeness (QED) is 0.551. The van der Waals surface area contributed by atoms with E-state index in [1.165, 1.54) is 23.7 Å². The molecule has 0 amide bonds. The standard InChI is InChI=1S/C10H13N5O2S2/c1-7-2-3-18-9(7)6-14-19(16,17)8-4-12-10(15-11)13-5-8/h2-5,14H,6,11H2,1H3,(H,12,13,15). The fourth-order valence-corrected chi connectivity index (χ4v) is 3.18. The molecular weight excluding hydrogens is 286 g/mol. The molecule has 0 fully saturated rings. The Hall–Kier alpha value is -1.55. The zero-order valence-corrected chi connectivity index (χ0v) is 11.8. The van der Waals surface area contributed by atoms with E-state index in [0.717, 1.165) is 10.4 Å². The summed E-state index contributed by atoms with van der Waals surface area (Å²) in [6.45, 7) is 2.19. The number of hydrogen-bond donors (Lipinski definition) is 3. The summed E-state index contributed by atoms with van der Waals surface area (Å²) in [6.07, 6.45) is 2.40. The summed E-state index contributed by atoms with van der Waals surface area (Å²) in [5, 5.41) is 1.92. The number of nitrogen functional groups attached to an aromatic ring is 1. The number of aromatic nitrogens is 2. The Kier molecular flexibility index (Phi) is 4.10. The number of nitrogens with one attached hydrogen (secondary N) is 2. The molecule has 0 unspecified atom stereocenters. The van der Waals surface area contributed by atoms with Gasteiger partial charge >= 0.3 is 0 Å². The minimum Gasteiger partial charge on any atom is -0.292 e. The van der Waals surface area contributed by atoms with Gasteiger partial charge in [0.2, 0.25) is 16.0 Å². The first-order chi connectivity index (χ1) is 9.03. The Labute approximate surface area is 114 Å². The van der Waals surface area contributed by atoms with Gasteiger partial charge in [-0.15, -0.1) is 11.3 Å². The number of nitrogens with zero attached hydrogens (tertiary/aromatic N) is 2. The van der Waals surface area contributed by atoms with Gasteiger partial charge < -0.3 is 0 Å². The average molecular weight is 299 g/mol. The van der Waals surface area contributed by atoms with Crippen molar-refractivity contribution in [3.63, 3.8) is 0 Å². The van der Waals surface area contributed by atoms with Gasteiger partial charge in [0.25, 0.3) is 0 Å². The van der Waals surface area contributed by atoms with Crippen molar-refractivity contribution in [3.8, 4) is 0 Å². The van der Waals surface area contributed by atoms with Gasteiger partial charge in [-0.2, -0.15) is 0 Å². The monoisotopic (exact) mass is 299 g/mol. The van der Waals surface area contributed by atoms with Gasteiger partial charge in [0.05, 0.1) is 12.4 Å². The minimum atomic E-state index is -3.62. The lowest BCUT2D eigenvalue weighted by molar-refractivity contribution is 0.581. The van der Waals surface area contributed by atoms with Crippen molar-refractivity contribution in [1.29, 1.82) is 0 Å². The van der Waals surface area contributed by atoms with Crippen molar-refractivity contribution in [2.24, 2.45) is 5.84 Å². The van der Waals surface area contributed by atoms with Crippen LogP contribution in [-0.4, -0.2) is 18.4 Å². The maximum Gasteiger partial charge on any atom is 0.243 e. The van der Waals surface area contributed by atoms with Gasteiger partial charge in [0.1, 0.15) is 4.90 Å². The predicted octanol–water partition coefficient (Wildman–Crippen LogP) is 0.611. The van der Waals surface area contributed by atoms with Crippen LogP contribution in [0.4, 0.5) is 5.95 Å². The van der Waals surface area contributed by atoms with Gasteiger partial charge in [-0.05, 0) is 23.9 Å². The van der Waals surface area contributed by atoms with E-state index in [1.54, 1.807) is 0 Å². The molecule has 0 atom stereocenters. The third-order valence-corrected chi connectivity index (χ3v) is 4.84. The van der Waals surface area contributed by atoms with Crippen molar-refractivity contribution in [3.05, 3.63) is 34.3 Å². The van der Waals surface area contributed by atoms with E-state index in [0.29, 0.717) is 0 Å². The Morgan fingerprint density at radius 3 is 2.58 bits per heavy atom. The van der Waals surface area contributed by atoms with E-state index in [1.807, 2.05) is 18.4 Å². The summed E-state index contributed by atoms with van der Waals surface area (Å²) >= 11 is 1.51. The summed E-state index contributed by atoms with van der Waals surface area (Å²) in [5.74, 6) is 5.27. The number of aryl methyl sites for hydroxylation is 1. The number of hydrogen-bond acceptors (Lipinski definition) is 7. The van der Waals surface area contributed by atoms with E-state index >= 15 is 0 Å². The summed E-state index contributed by atoms with van der Waals surface area (Å²) in [6, 6.07) is 1.94. The van der Waals surface area contributed by atoms with Crippen LogP contribution in [-0.2, 0) is 16.6 Å². The summed E-state index contributed by atoms with van der Waals surface area (Å²) in [7, 11) is -3.62. The smallest absolute Gasteiger partial charge is 0.243 e. The molecule has 0 bridgehead atoms. The lowest BCUT2D eigenvalue weighted by Gasteiger charge is -2.06. The molecular formula is C10H13N5O2S2. The van der Waals surface area contributed by atoms with Crippen LogP contribution in [0.15, 0.2) is 28.7 Å². The van der Waals surface area contributed by atoms with Crippen molar-refractivity contribution in [2.75, 3.05) is 5.43 Å². The van der Waals surface area contributed by atoms with Crippen LogP contribution in [0.25, 0.3) is 0 Å². The molecule has 2 aromatic heterocycles. The van der Waals surface area contributed by atoms with E-state index in [-0.39, 0.29) is 17.4 Å². The highest BCUT2D eigenvalue weighted by Gasteiger charge is 2.15. The highest BCUT2D eigenvalue weighted by molar-refractivity contribution is 7.89. The number of rotatable bonds is 5. The maximum absolute atomic E-state index is 12.0. The third kappa shape index (κ3) is 3.26. The Morgan fingerprint density at radius 1 is 1.37 bits per heavy atom. The second-order valence-corrected chi connectivity index (χ2v) is 6.51. The fraction of sp³-hybridized carbons (Fsp3) is 0.200. The molecule has 0 aliphatic rings. The number of anilines is 1. The van der Waals surface area contributed by atoms with Crippen molar-refractivity contribution < 1.29 is 8.42 Å². The summed E-state index contributed by atoms with van der Waals surface area (Å²) in [4.78, 5) is 8.50. The highest BCUT2D eigenvalue weighted by atomic mass is 32.2. The molecule has 0 aromatic carbocycles. The highest BCUT2D eigenvalue weighted by Crippen LogP contribution is 2.16. The number of thiophene rings is 1. The molecule has 0 saturated heterocycles. The molecule has 0 aliphatic heterocycles.